The molecule has 0 aliphatic carbocycles. The number of hydrogen-bond acceptors (Lipinski definition) is 3. The van der Waals surface area contributed by atoms with Gasteiger partial charge in [0.05, 0.1) is 11.7 Å². The minimum Gasteiger partial charge on any atom is -0.349 e. The number of hydrogen-bond donors (Lipinski definition) is 3. The van der Waals surface area contributed by atoms with E-state index >= 15 is 0 Å². The summed E-state index contributed by atoms with van der Waals surface area (Å²) in [5, 5.41) is 14.3. The van der Waals surface area contributed by atoms with Crippen LogP contribution in [0, 0.1) is 0 Å². The van der Waals surface area contributed by atoms with Crippen LogP contribution < -0.4 is 10.6 Å². The zero-order chi connectivity index (χ0) is 13.1. The van der Waals surface area contributed by atoms with Gasteiger partial charge in [-0.1, -0.05) is 6.07 Å². The van der Waals surface area contributed by atoms with Crippen LogP contribution in [0.1, 0.15) is 29.6 Å². The zero-order valence-electron chi connectivity index (χ0n) is 10.8. The van der Waals surface area contributed by atoms with E-state index in [1.165, 1.54) is 0 Å². The fourth-order valence-corrected chi connectivity index (χ4v) is 2.51. The molecule has 1 atom stereocenters. The van der Waals surface area contributed by atoms with Gasteiger partial charge in [0.15, 0.2) is 0 Å². The van der Waals surface area contributed by atoms with Crippen molar-refractivity contribution in [2.75, 3.05) is 13.1 Å². The molecule has 1 unspecified atom stereocenters. The van der Waals surface area contributed by atoms with Crippen LogP contribution in [0.4, 0.5) is 0 Å². The molecule has 5 heteroatoms. The number of amides is 1. The molecule has 1 aromatic heterocycles. The smallest absolute Gasteiger partial charge is 0.251 e. The maximum absolute atomic E-state index is 12.2. The van der Waals surface area contributed by atoms with Gasteiger partial charge in [0, 0.05) is 17.0 Å². The molecule has 2 heterocycles. The fourth-order valence-electron chi connectivity index (χ4n) is 2.51. The maximum atomic E-state index is 12.2. The third kappa shape index (κ3) is 2.76. The Balaban J connectivity index is 1.71. The van der Waals surface area contributed by atoms with Gasteiger partial charge in [-0.05, 0) is 44.5 Å². The van der Waals surface area contributed by atoms with Crippen molar-refractivity contribution in [3.05, 3.63) is 30.0 Å². The van der Waals surface area contributed by atoms with Crippen molar-refractivity contribution in [3.63, 3.8) is 0 Å². The van der Waals surface area contributed by atoms with E-state index in [1.807, 2.05) is 18.2 Å². The Kier molecular flexibility index (Phi) is 3.46. The summed E-state index contributed by atoms with van der Waals surface area (Å²) in [5.74, 6) is 0.00315. The van der Waals surface area contributed by atoms with Crippen LogP contribution in [0.25, 0.3) is 10.9 Å². The number of fused-ring (bicyclic) bond motifs is 1. The van der Waals surface area contributed by atoms with Gasteiger partial charge >= 0.3 is 0 Å². The first kappa shape index (κ1) is 12.2. The van der Waals surface area contributed by atoms with E-state index in [1.54, 1.807) is 6.20 Å². The Morgan fingerprint density at radius 1 is 1.32 bits per heavy atom. The maximum Gasteiger partial charge on any atom is 0.251 e. The van der Waals surface area contributed by atoms with Crippen molar-refractivity contribution in [2.45, 2.75) is 25.3 Å². The molecule has 19 heavy (non-hydrogen) atoms. The molecule has 0 radical (unpaired) electrons. The lowest BCUT2D eigenvalue weighted by Gasteiger charge is -2.15. The van der Waals surface area contributed by atoms with E-state index < -0.39 is 0 Å². The van der Waals surface area contributed by atoms with Crippen LogP contribution in [0.2, 0.25) is 0 Å². The average molecular weight is 258 g/mol. The van der Waals surface area contributed by atoms with Gasteiger partial charge in [-0.15, -0.1) is 0 Å². The highest BCUT2D eigenvalue weighted by molar-refractivity contribution is 5.97. The molecule has 3 N–H and O–H groups in total. The van der Waals surface area contributed by atoms with E-state index in [9.17, 15) is 4.79 Å². The van der Waals surface area contributed by atoms with Crippen molar-refractivity contribution in [2.24, 2.45) is 0 Å². The quantitative estimate of drug-likeness (QED) is 0.763. The number of carbonyl (C=O) groups is 1. The van der Waals surface area contributed by atoms with Crippen molar-refractivity contribution in [1.29, 1.82) is 0 Å². The minimum absolute atomic E-state index is 0.00315. The topological polar surface area (TPSA) is 69.8 Å². The first-order valence-corrected chi connectivity index (χ1v) is 6.77. The Hall–Kier alpha value is -1.88. The Labute approximate surface area is 111 Å². The molecule has 0 saturated carbocycles. The van der Waals surface area contributed by atoms with Crippen molar-refractivity contribution in [3.8, 4) is 0 Å². The molecule has 3 rings (SSSR count). The molecular weight excluding hydrogens is 240 g/mol. The zero-order valence-corrected chi connectivity index (χ0v) is 10.8. The van der Waals surface area contributed by atoms with Gasteiger partial charge in [0.2, 0.25) is 0 Å². The van der Waals surface area contributed by atoms with Gasteiger partial charge in [0.1, 0.15) is 0 Å². The lowest BCUT2D eigenvalue weighted by atomic mass is 10.1. The predicted octanol–water partition coefficient (Wildman–Crippen LogP) is 1.43. The second-order valence-electron chi connectivity index (χ2n) is 5.02. The van der Waals surface area contributed by atoms with E-state index in [2.05, 4.69) is 20.8 Å². The van der Waals surface area contributed by atoms with Crippen LogP contribution in [0.5, 0.6) is 0 Å². The number of rotatable bonds is 2. The normalized spacial score (nSPS) is 20.1. The molecule has 5 nitrogen and oxygen atoms in total. The summed E-state index contributed by atoms with van der Waals surface area (Å²) in [6.45, 7) is 2.02. The number of aromatic amines is 1. The number of nitrogens with zero attached hydrogens (tertiary/aromatic N) is 1. The number of aromatic nitrogens is 2. The van der Waals surface area contributed by atoms with Crippen LogP contribution >= 0.6 is 0 Å². The third-order valence-electron chi connectivity index (χ3n) is 3.62. The van der Waals surface area contributed by atoms with Crippen LogP contribution in [0.3, 0.4) is 0 Å². The summed E-state index contributed by atoms with van der Waals surface area (Å²) >= 11 is 0. The first-order valence-electron chi connectivity index (χ1n) is 6.77. The minimum atomic E-state index is 0.00315. The molecule has 2 aromatic rings. The number of H-pyrrole nitrogens is 1. The second kappa shape index (κ2) is 5.40. The van der Waals surface area contributed by atoms with Crippen molar-refractivity contribution in [1.82, 2.24) is 20.8 Å². The monoisotopic (exact) mass is 258 g/mol. The molecule has 1 aliphatic heterocycles. The summed E-state index contributed by atoms with van der Waals surface area (Å²) in [4.78, 5) is 12.2. The van der Waals surface area contributed by atoms with E-state index in [0.717, 1.165) is 43.3 Å². The molecule has 0 spiro atoms. The highest BCUT2D eigenvalue weighted by atomic mass is 16.1. The molecular formula is C14H18N4O. The molecule has 1 saturated heterocycles. The number of nitrogens with one attached hydrogen (secondary N) is 3. The molecule has 1 amide bonds. The second-order valence-corrected chi connectivity index (χ2v) is 5.02. The summed E-state index contributed by atoms with van der Waals surface area (Å²) in [5.41, 5.74) is 1.59. The van der Waals surface area contributed by atoms with E-state index in [0.29, 0.717) is 5.56 Å². The summed E-state index contributed by atoms with van der Waals surface area (Å²) in [6, 6.07) is 5.90. The van der Waals surface area contributed by atoms with Crippen molar-refractivity contribution < 1.29 is 4.79 Å². The Bertz CT molecular complexity index is 570. The highest BCUT2D eigenvalue weighted by Gasteiger charge is 2.15. The predicted molar refractivity (Wildman–Crippen MR) is 74.1 cm³/mol. The Morgan fingerprint density at radius 2 is 2.26 bits per heavy atom. The van der Waals surface area contributed by atoms with E-state index in [4.69, 9.17) is 0 Å². The van der Waals surface area contributed by atoms with Crippen LogP contribution in [-0.4, -0.2) is 35.2 Å². The molecule has 1 fully saturated rings. The summed E-state index contributed by atoms with van der Waals surface area (Å²) < 4.78 is 0. The number of benzene rings is 1. The van der Waals surface area contributed by atoms with Gasteiger partial charge in [-0.3, -0.25) is 9.89 Å². The van der Waals surface area contributed by atoms with Crippen molar-refractivity contribution >= 4 is 16.8 Å². The van der Waals surface area contributed by atoms with Crippen LogP contribution in [-0.2, 0) is 0 Å². The lowest BCUT2D eigenvalue weighted by molar-refractivity contribution is 0.0934. The molecule has 100 valence electrons. The van der Waals surface area contributed by atoms with Gasteiger partial charge in [0.25, 0.3) is 5.91 Å². The summed E-state index contributed by atoms with van der Waals surface area (Å²) in [6.07, 6.45) is 4.92. The molecule has 1 aliphatic rings. The standard InChI is InChI=1S/C14H18N4O/c19-14(17-12-2-1-6-15-7-5-12)10-3-4-11-9-16-18-13(11)8-10/h3-4,8-9,12,15H,1-2,5-7H2,(H,16,18)(H,17,19). The average Bonchev–Trinajstić information content (AvgIpc) is 2.75. The first-order chi connectivity index (χ1) is 9.33. The fraction of sp³-hybridized carbons (Fsp3) is 0.429. The molecule has 1 aromatic carbocycles. The lowest BCUT2D eigenvalue weighted by Crippen LogP contribution is -2.35. The number of carbonyl (C=O) groups excluding carboxylic acids is 1. The van der Waals surface area contributed by atoms with Crippen LogP contribution in [0.15, 0.2) is 24.4 Å². The third-order valence-corrected chi connectivity index (χ3v) is 3.62. The largest absolute Gasteiger partial charge is 0.349 e. The highest BCUT2D eigenvalue weighted by Crippen LogP contribution is 2.13. The van der Waals surface area contributed by atoms with Gasteiger partial charge in [-0.2, -0.15) is 5.10 Å². The Morgan fingerprint density at radius 3 is 3.21 bits per heavy atom. The molecule has 0 bridgehead atoms. The van der Waals surface area contributed by atoms with E-state index in [-0.39, 0.29) is 11.9 Å². The van der Waals surface area contributed by atoms with Gasteiger partial charge in [-0.25, -0.2) is 0 Å². The van der Waals surface area contributed by atoms with Gasteiger partial charge < -0.3 is 10.6 Å². The summed E-state index contributed by atoms with van der Waals surface area (Å²) in [7, 11) is 0. The SMILES string of the molecule is O=C(NC1CCCNCC1)c1ccc2cn[nH]c2c1.